The van der Waals surface area contributed by atoms with E-state index in [2.05, 4.69) is 231 Å². The van der Waals surface area contributed by atoms with Crippen LogP contribution in [0.2, 0.25) is 5.82 Å². The Labute approximate surface area is 392 Å². The molecular formula is C62H71BN2. The van der Waals surface area contributed by atoms with Crippen molar-refractivity contribution in [3.05, 3.63) is 202 Å². The van der Waals surface area contributed by atoms with Crippen LogP contribution in [0.5, 0.6) is 0 Å². The third-order valence-electron chi connectivity index (χ3n) is 16.4. The minimum atomic E-state index is -0.116. The zero-order valence-electron chi connectivity index (χ0n) is 41.0. The van der Waals surface area contributed by atoms with Crippen LogP contribution in [0.15, 0.2) is 174 Å². The Morgan fingerprint density at radius 1 is 0.538 bits per heavy atom. The van der Waals surface area contributed by atoms with Crippen LogP contribution in [0.25, 0.3) is 0 Å². The molecule has 0 N–H and O–H groups in total. The maximum absolute atomic E-state index is 2.89. The maximum atomic E-state index is 2.89. The van der Waals surface area contributed by atoms with Gasteiger partial charge >= 0.3 is 0 Å². The van der Waals surface area contributed by atoms with E-state index >= 15 is 0 Å². The van der Waals surface area contributed by atoms with Gasteiger partial charge in [-0.3, -0.25) is 0 Å². The number of anilines is 3. The molecule has 0 radical (unpaired) electrons. The molecule has 0 amide bonds. The van der Waals surface area contributed by atoms with E-state index in [4.69, 9.17) is 0 Å². The van der Waals surface area contributed by atoms with Crippen molar-refractivity contribution in [1.29, 1.82) is 0 Å². The van der Waals surface area contributed by atoms with Gasteiger partial charge in [0.1, 0.15) is 0 Å². The summed E-state index contributed by atoms with van der Waals surface area (Å²) in [5.74, 6) is 0.815. The molecule has 5 aromatic rings. The molecule has 3 unspecified atom stereocenters. The predicted octanol–water partition coefficient (Wildman–Crippen LogP) is 15.4. The molecule has 5 aromatic carbocycles. The molecule has 1 saturated carbocycles. The zero-order chi connectivity index (χ0) is 45.5. The predicted molar refractivity (Wildman–Crippen MR) is 279 cm³/mol. The number of benzene rings is 5. The lowest BCUT2D eigenvalue weighted by Gasteiger charge is -2.58. The van der Waals surface area contributed by atoms with Crippen LogP contribution >= 0.6 is 0 Å². The van der Waals surface area contributed by atoms with Crippen molar-refractivity contribution in [3.8, 4) is 0 Å². The van der Waals surface area contributed by atoms with E-state index in [1.165, 1.54) is 93.7 Å². The summed E-state index contributed by atoms with van der Waals surface area (Å²) in [4.78, 5) is 5.60. The van der Waals surface area contributed by atoms with Gasteiger partial charge < -0.3 is 9.80 Å². The van der Waals surface area contributed by atoms with Crippen molar-refractivity contribution in [2.45, 2.75) is 142 Å². The largest absolute Gasteiger partial charge is 0.359 e. The third kappa shape index (κ3) is 7.69. The normalized spacial score (nSPS) is 21.4. The van der Waals surface area contributed by atoms with Crippen molar-refractivity contribution >= 4 is 29.2 Å². The average molecular weight is 855 g/mol. The van der Waals surface area contributed by atoms with Gasteiger partial charge in [-0.15, -0.1) is 0 Å². The molecule has 3 atom stereocenters. The molecule has 2 nitrogen and oxygen atoms in total. The Morgan fingerprint density at radius 2 is 1.08 bits per heavy atom. The van der Waals surface area contributed by atoms with Gasteiger partial charge in [-0.1, -0.05) is 209 Å². The maximum Gasteiger partial charge on any atom is 0.221 e. The SMILES string of the molecule is CC(C)(C)C1=CCC2C(=C1)B1c3cc(C(C)(C)C)ccc3N(c3ccc(C(C)(C)c4ccccc4)cc3)C3=CC(C4CCCCC4)=CC(C13)N2c1ccc(C(C)(C)c2ccccc2)cc1. The van der Waals surface area contributed by atoms with E-state index in [1.807, 2.05) is 0 Å². The fraction of sp³-hybridized carbons (Fsp3) is 0.387. The van der Waals surface area contributed by atoms with Crippen LogP contribution in [0.3, 0.4) is 0 Å². The molecule has 5 aliphatic rings. The highest BCUT2D eigenvalue weighted by Crippen LogP contribution is 2.55. The molecule has 2 fully saturated rings. The van der Waals surface area contributed by atoms with Crippen LogP contribution in [0.4, 0.5) is 17.1 Å². The number of hydrogen-bond acceptors (Lipinski definition) is 2. The molecule has 65 heavy (non-hydrogen) atoms. The zero-order valence-corrected chi connectivity index (χ0v) is 41.0. The summed E-state index contributed by atoms with van der Waals surface area (Å²) in [6, 6.07) is 49.5. The number of rotatable bonds is 7. The molecule has 0 bridgehead atoms. The lowest BCUT2D eigenvalue weighted by atomic mass is 9.26. The van der Waals surface area contributed by atoms with E-state index in [0.29, 0.717) is 5.92 Å². The minimum absolute atomic E-state index is 0.0213. The van der Waals surface area contributed by atoms with Gasteiger partial charge in [0, 0.05) is 45.4 Å². The van der Waals surface area contributed by atoms with E-state index in [-0.39, 0.29) is 46.3 Å². The molecule has 0 spiro atoms. The molecule has 2 aliphatic heterocycles. The van der Waals surface area contributed by atoms with Gasteiger partial charge in [0.05, 0.1) is 6.04 Å². The van der Waals surface area contributed by atoms with Gasteiger partial charge in [-0.05, 0) is 117 Å². The van der Waals surface area contributed by atoms with E-state index < -0.39 is 0 Å². The Balaban J connectivity index is 1.18. The first-order valence-electron chi connectivity index (χ1n) is 24.9. The third-order valence-corrected chi connectivity index (χ3v) is 16.4. The summed E-state index contributed by atoms with van der Waals surface area (Å²) in [6.45, 7) is 24.1. The molecule has 1 saturated heterocycles. The average Bonchev–Trinajstić information content (AvgIpc) is 3.31. The summed E-state index contributed by atoms with van der Waals surface area (Å²) < 4.78 is 0. The topological polar surface area (TPSA) is 6.48 Å². The van der Waals surface area contributed by atoms with Gasteiger partial charge in [-0.25, -0.2) is 0 Å². The first-order chi connectivity index (χ1) is 31.0. The fourth-order valence-electron chi connectivity index (χ4n) is 12.3. The van der Waals surface area contributed by atoms with Gasteiger partial charge in [-0.2, -0.15) is 0 Å². The lowest BCUT2D eigenvalue weighted by Crippen LogP contribution is -2.65. The summed E-state index contributed by atoms with van der Waals surface area (Å²) in [5, 5.41) is 0. The number of fused-ring (bicyclic) bond motifs is 4. The Bertz CT molecular complexity index is 2680. The van der Waals surface area contributed by atoms with Crippen LogP contribution in [-0.4, -0.2) is 18.8 Å². The highest BCUT2D eigenvalue weighted by Gasteiger charge is 2.55. The van der Waals surface area contributed by atoms with Crippen molar-refractivity contribution in [2.24, 2.45) is 11.3 Å². The van der Waals surface area contributed by atoms with E-state index in [1.54, 1.807) is 11.0 Å². The molecule has 332 valence electrons. The summed E-state index contributed by atoms with van der Waals surface area (Å²) in [5.41, 5.74) is 18.1. The monoisotopic (exact) mass is 855 g/mol. The first-order valence-corrected chi connectivity index (χ1v) is 24.9. The summed E-state index contributed by atoms with van der Waals surface area (Å²) >= 11 is 0. The number of hydrogen-bond donors (Lipinski definition) is 0. The fourth-order valence-corrected chi connectivity index (χ4v) is 12.3. The minimum Gasteiger partial charge on any atom is -0.359 e. The number of nitrogens with zero attached hydrogens (tertiary/aromatic N) is 2. The first kappa shape index (κ1) is 43.6. The highest BCUT2D eigenvalue weighted by molar-refractivity contribution is 6.84. The molecular weight excluding hydrogens is 784 g/mol. The second-order valence-electron chi connectivity index (χ2n) is 23.2. The smallest absolute Gasteiger partial charge is 0.221 e. The van der Waals surface area contributed by atoms with E-state index in [9.17, 15) is 0 Å². The van der Waals surface area contributed by atoms with Crippen LogP contribution in [0, 0.1) is 11.3 Å². The second-order valence-corrected chi connectivity index (χ2v) is 23.2. The lowest BCUT2D eigenvalue weighted by molar-refractivity contribution is 0.403. The highest BCUT2D eigenvalue weighted by atomic mass is 15.2. The summed E-state index contributed by atoms with van der Waals surface area (Å²) in [6.07, 6.45) is 18.3. The standard InChI is InChI=1S/C62H71BN2/c1-59(2,3)48-30-36-54-52(40-48)63-53-41-49(60(4,5)6)31-37-55(53)65(51-34-28-47(29-35-51)62(9,10)45-24-18-13-19-25-45)57-39-43(42-20-14-11-15-21-42)38-56(58(57)63)64(54)50-32-26-46(27-33-50)61(7,8)44-22-16-12-17-23-44/h12-13,16-19,22-36,38-42,55,57-58H,11,14-15,20-21,37H2,1-10H3. The number of allylic oxidation sites excluding steroid dienone is 4. The Hall–Kier alpha value is -5.28. The van der Waals surface area contributed by atoms with Crippen molar-refractivity contribution in [3.63, 3.8) is 0 Å². The van der Waals surface area contributed by atoms with Crippen molar-refractivity contribution in [1.82, 2.24) is 0 Å². The quantitative estimate of drug-likeness (QED) is 0.151. The molecule has 10 rings (SSSR count). The van der Waals surface area contributed by atoms with Gasteiger partial charge in [0.25, 0.3) is 0 Å². The van der Waals surface area contributed by atoms with E-state index in [0.717, 1.165) is 6.42 Å². The van der Waals surface area contributed by atoms with Crippen LogP contribution in [-0.2, 0) is 16.2 Å². The molecule has 0 aromatic heterocycles. The second kappa shape index (κ2) is 16.3. The summed E-state index contributed by atoms with van der Waals surface area (Å²) in [7, 11) is 0. The van der Waals surface area contributed by atoms with Crippen LogP contribution in [0.1, 0.15) is 136 Å². The van der Waals surface area contributed by atoms with Crippen LogP contribution < -0.4 is 15.3 Å². The van der Waals surface area contributed by atoms with Crippen molar-refractivity contribution in [2.75, 3.05) is 9.80 Å². The molecule has 3 aliphatic carbocycles. The molecule has 3 heteroatoms. The Morgan fingerprint density at radius 3 is 1.63 bits per heavy atom. The molecule has 2 heterocycles. The Kier molecular flexibility index (Phi) is 10.9. The van der Waals surface area contributed by atoms with Gasteiger partial charge in [0.15, 0.2) is 0 Å². The van der Waals surface area contributed by atoms with Crippen molar-refractivity contribution < 1.29 is 0 Å². The van der Waals surface area contributed by atoms with Gasteiger partial charge in [0.2, 0.25) is 6.71 Å².